The van der Waals surface area contributed by atoms with Crippen LogP contribution in [-0.4, -0.2) is 49.5 Å². The fourth-order valence-corrected chi connectivity index (χ4v) is 3.08. The number of pyridine rings is 1. The van der Waals surface area contributed by atoms with Crippen LogP contribution in [0.25, 0.3) is 5.52 Å². The van der Waals surface area contributed by atoms with Gasteiger partial charge in [-0.3, -0.25) is 9.78 Å². The van der Waals surface area contributed by atoms with Gasteiger partial charge in [-0.1, -0.05) is 0 Å². The van der Waals surface area contributed by atoms with Crippen molar-refractivity contribution >= 4 is 17.2 Å². The van der Waals surface area contributed by atoms with Gasteiger partial charge >= 0.3 is 0 Å². The molecule has 0 aromatic carbocycles. The summed E-state index contributed by atoms with van der Waals surface area (Å²) < 4.78 is 1.82. The van der Waals surface area contributed by atoms with Gasteiger partial charge in [0.05, 0.1) is 11.3 Å². The van der Waals surface area contributed by atoms with Crippen LogP contribution in [0.3, 0.4) is 0 Å². The molecular weight excluding hydrogens is 304 g/mol. The number of nitrogens with one attached hydrogen (secondary N) is 1. The van der Waals surface area contributed by atoms with Crippen molar-refractivity contribution in [3.63, 3.8) is 0 Å². The summed E-state index contributed by atoms with van der Waals surface area (Å²) in [7, 11) is 0. The van der Waals surface area contributed by atoms with Crippen LogP contribution in [0.15, 0.2) is 43.0 Å². The van der Waals surface area contributed by atoms with Crippen molar-refractivity contribution in [1.82, 2.24) is 24.5 Å². The standard InChI is InChI=1S/C17H18N6O/c1-12-9-15-16(19-6-8-23(15)21-12)20-14-4-7-22(11-14)17(24)13-3-2-5-18-10-13/h2-3,5-6,8-10,14H,4,7,11H2,1H3,(H,19,20). The first kappa shape index (κ1) is 14.6. The monoisotopic (exact) mass is 322 g/mol. The van der Waals surface area contributed by atoms with E-state index in [1.165, 1.54) is 0 Å². The number of likely N-dealkylation sites (tertiary alicyclic amines) is 1. The number of aryl methyl sites for hydroxylation is 1. The molecule has 3 aromatic rings. The Bertz CT molecular complexity index is 875. The maximum atomic E-state index is 12.5. The average molecular weight is 322 g/mol. The molecule has 1 atom stereocenters. The summed E-state index contributed by atoms with van der Waals surface area (Å²) >= 11 is 0. The van der Waals surface area contributed by atoms with Gasteiger partial charge in [0.15, 0.2) is 5.82 Å². The van der Waals surface area contributed by atoms with E-state index in [9.17, 15) is 4.79 Å². The summed E-state index contributed by atoms with van der Waals surface area (Å²) in [5.41, 5.74) is 2.53. The number of carbonyl (C=O) groups excluding carboxylic acids is 1. The van der Waals surface area contributed by atoms with E-state index in [4.69, 9.17) is 0 Å². The van der Waals surface area contributed by atoms with Crippen molar-refractivity contribution in [2.24, 2.45) is 0 Å². The minimum atomic E-state index is 0.0266. The van der Waals surface area contributed by atoms with Crippen LogP contribution >= 0.6 is 0 Å². The summed E-state index contributed by atoms with van der Waals surface area (Å²) in [6.07, 6.45) is 7.74. The fraction of sp³-hybridized carbons (Fsp3) is 0.294. The van der Waals surface area contributed by atoms with E-state index in [1.807, 2.05) is 28.6 Å². The maximum Gasteiger partial charge on any atom is 0.255 e. The molecule has 0 saturated carbocycles. The lowest BCUT2D eigenvalue weighted by molar-refractivity contribution is 0.0791. The molecule has 7 heteroatoms. The Morgan fingerprint density at radius 3 is 3.12 bits per heavy atom. The Morgan fingerprint density at radius 1 is 1.38 bits per heavy atom. The lowest BCUT2D eigenvalue weighted by atomic mass is 10.2. The second-order valence-electron chi connectivity index (χ2n) is 6.01. The van der Waals surface area contributed by atoms with Crippen LogP contribution in [0.4, 0.5) is 5.82 Å². The SMILES string of the molecule is Cc1cc2c(NC3CCN(C(=O)c4cccnc4)C3)nccn2n1. The van der Waals surface area contributed by atoms with E-state index in [0.717, 1.165) is 30.0 Å². The van der Waals surface area contributed by atoms with Crippen molar-refractivity contribution in [2.75, 3.05) is 18.4 Å². The third-order valence-electron chi connectivity index (χ3n) is 4.24. The summed E-state index contributed by atoms with van der Waals surface area (Å²) in [5.74, 6) is 0.831. The largest absolute Gasteiger partial charge is 0.364 e. The van der Waals surface area contributed by atoms with Crippen molar-refractivity contribution in [2.45, 2.75) is 19.4 Å². The van der Waals surface area contributed by atoms with Crippen LogP contribution < -0.4 is 5.32 Å². The molecule has 7 nitrogen and oxygen atoms in total. The Labute approximate surface area is 139 Å². The predicted molar refractivity (Wildman–Crippen MR) is 89.9 cm³/mol. The Morgan fingerprint density at radius 2 is 2.29 bits per heavy atom. The van der Waals surface area contributed by atoms with Crippen LogP contribution in [0.2, 0.25) is 0 Å². The normalized spacial score (nSPS) is 17.4. The highest BCUT2D eigenvalue weighted by Gasteiger charge is 2.27. The number of hydrogen-bond acceptors (Lipinski definition) is 5. The van der Waals surface area contributed by atoms with Gasteiger partial charge in [-0.25, -0.2) is 9.50 Å². The number of aromatic nitrogens is 4. The highest BCUT2D eigenvalue weighted by Crippen LogP contribution is 2.20. The van der Waals surface area contributed by atoms with Crippen LogP contribution in [0.1, 0.15) is 22.5 Å². The minimum Gasteiger partial charge on any atom is -0.364 e. The molecule has 4 rings (SSSR count). The number of carbonyl (C=O) groups is 1. The number of amides is 1. The first-order chi connectivity index (χ1) is 11.7. The smallest absolute Gasteiger partial charge is 0.255 e. The molecule has 0 bridgehead atoms. The molecule has 1 fully saturated rings. The lowest BCUT2D eigenvalue weighted by Gasteiger charge is -2.17. The molecule has 1 saturated heterocycles. The molecule has 1 unspecified atom stereocenters. The lowest BCUT2D eigenvalue weighted by Crippen LogP contribution is -2.31. The second-order valence-corrected chi connectivity index (χ2v) is 6.01. The second kappa shape index (κ2) is 5.92. The van der Waals surface area contributed by atoms with Gasteiger partial charge < -0.3 is 10.2 Å². The van der Waals surface area contributed by atoms with E-state index in [0.29, 0.717) is 12.1 Å². The Kier molecular flexibility index (Phi) is 3.60. The number of nitrogens with zero attached hydrogens (tertiary/aromatic N) is 5. The highest BCUT2D eigenvalue weighted by atomic mass is 16.2. The van der Waals surface area contributed by atoms with E-state index < -0.39 is 0 Å². The zero-order valence-electron chi connectivity index (χ0n) is 13.4. The average Bonchev–Trinajstić information content (AvgIpc) is 3.21. The van der Waals surface area contributed by atoms with Crippen molar-refractivity contribution in [3.8, 4) is 0 Å². The maximum absolute atomic E-state index is 12.5. The van der Waals surface area contributed by atoms with E-state index >= 15 is 0 Å². The number of fused-ring (bicyclic) bond motifs is 1. The first-order valence-electron chi connectivity index (χ1n) is 7.97. The number of rotatable bonds is 3. The third-order valence-corrected chi connectivity index (χ3v) is 4.24. The Balaban J connectivity index is 1.48. The number of anilines is 1. The van der Waals surface area contributed by atoms with E-state index in [1.54, 1.807) is 30.7 Å². The summed E-state index contributed by atoms with van der Waals surface area (Å²) in [5, 5.41) is 7.85. The molecule has 1 N–H and O–H groups in total. The molecule has 0 spiro atoms. The van der Waals surface area contributed by atoms with Gasteiger partial charge in [0, 0.05) is 43.9 Å². The van der Waals surface area contributed by atoms with E-state index in [-0.39, 0.29) is 11.9 Å². The van der Waals surface area contributed by atoms with Gasteiger partial charge in [0.1, 0.15) is 5.52 Å². The Hall–Kier alpha value is -2.96. The molecule has 1 aliphatic heterocycles. The molecular formula is C17H18N6O. The third kappa shape index (κ3) is 2.68. The van der Waals surface area contributed by atoms with E-state index in [2.05, 4.69) is 20.4 Å². The van der Waals surface area contributed by atoms with Gasteiger partial charge in [-0.2, -0.15) is 5.10 Å². The zero-order valence-corrected chi connectivity index (χ0v) is 13.4. The molecule has 0 aliphatic carbocycles. The minimum absolute atomic E-state index is 0.0266. The predicted octanol–water partition coefficient (Wildman–Crippen LogP) is 1.76. The molecule has 3 aromatic heterocycles. The molecule has 1 aliphatic rings. The van der Waals surface area contributed by atoms with Crippen molar-refractivity contribution < 1.29 is 4.79 Å². The number of hydrogen-bond donors (Lipinski definition) is 1. The first-order valence-corrected chi connectivity index (χ1v) is 7.97. The molecule has 122 valence electrons. The fourth-order valence-electron chi connectivity index (χ4n) is 3.08. The highest BCUT2D eigenvalue weighted by molar-refractivity contribution is 5.94. The van der Waals surface area contributed by atoms with Crippen LogP contribution in [0.5, 0.6) is 0 Å². The molecule has 0 radical (unpaired) electrons. The van der Waals surface area contributed by atoms with Gasteiger partial charge in [-0.15, -0.1) is 0 Å². The van der Waals surface area contributed by atoms with Crippen molar-refractivity contribution in [3.05, 3.63) is 54.2 Å². The zero-order chi connectivity index (χ0) is 16.5. The molecule has 4 heterocycles. The van der Waals surface area contributed by atoms with Crippen LogP contribution in [-0.2, 0) is 0 Å². The van der Waals surface area contributed by atoms with Gasteiger partial charge in [0.2, 0.25) is 0 Å². The van der Waals surface area contributed by atoms with Gasteiger partial charge in [0.25, 0.3) is 5.91 Å². The summed E-state index contributed by atoms with van der Waals surface area (Å²) in [4.78, 5) is 22.8. The summed E-state index contributed by atoms with van der Waals surface area (Å²) in [6.45, 7) is 3.34. The molecule has 24 heavy (non-hydrogen) atoms. The van der Waals surface area contributed by atoms with Gasteiger partial charge in [-0.05, 0) is 31.5 Å². The van der Waals surface area contributed by atoms with Crippen LogP contribution in [0, 0.1) is 6.92 Å². The summed E-state index contributed by atoms with van der Waals surface area (Å²) in [6, 6.07) is 5.77. The molecule has 1 amide bonds. The van der Waals surface area contributed by atoms with Crippen molar-refractivity contribution in [1.29, 1.82) is 0 Å². The quantitative estimate of drug-likeness (QED) is 0.795. The topological polar surface area (TPSA) is 75.4 Å².